The van der Waals surface area contributed by atoms with Crippen molar-refractivity contribution < 1.29 is 48.2 Å². The molecule has 73 heavy (non-hydrogen) atoms. The SMILES string of the molecule is O=C(NCCNCCN1C(=O)c2cccc3cccc(c23)C1=O)c1cc(C(=O)NCCNCCN2C(=O)c3cccc4cc([N+](=O)[O-])cc(c34)C2=O)cc(N2C(=O)c3cccc4cc([N+](=O)[O-])cc(c34)C2=O)c1. The number of anilines is 1. The summed E-state index contributed by atoms with van der Waals surface area (Å²) in [6, 6.07) is 28.2. The fourth-order valence-electron chi connectivity index (χ4n) is 9.53. The van der Waals surface area contributed by atoms with Crippen LogP contribution in [0.1, 0.15) is 82.9 Å². The minimum absolute atomic E-state index is 0.0239. The standard InChI is InChI=1S/C52H39N9O12/c62-45(55-15-13-53-17-19-57-47(64)36-9-1-5-28-6-2-10-37(42(28)36)48(57)65)31-21-32(25-33(24-31)59-51(68)39-12-4-8-30-23-35(61(72)73)27-41(44(30)39)52(59)69)46(63)56-16-14-54-18-20-58-49(66)38-11-3-7-29-22-34(60(70)71)26-40(43(29)38)50(58)67/h1-12,21-27,53-54H,13-20H2,(H,55,62)(H,56,63). The predicted octanol–water partition coefficient (Wildman–Crippen LogP) is 4.99. The number of carbonyl (C=O) groups excluding carboxylic acids is 8. The van der Waals surface area contributed by atoms with E-state index in [1.54, 1.807) is 42.5 Å². The van der Waals surface area contributed by atoms with Crippen molar-refractivity contribution >= 4 is 96.6 Å². The minimum Gasteiger partial charge on any atom is -0.351 e. The third-order valence-electron chi connectivity index (χ3n) is 12.9. The molecule has 0 saturated heterocycles. The van der Waals surface area contributed by atoms with Gasteiger partial charge in [0, 0.05) is 126 Å². The van der Waals surface area contributed by atoms with Crippen LogP contribution in [0.25, 0.3) is 32.3 Å². The van der Waals surface area contributed by atoms with E-state index >= 15 is 0 Å². The van der Waals surface area contributed by atoms with E-state index < -0.39 is 62.8 Å². The zero-order valence-electron chi connectivity index (χ0n) is 38.3. The van der Waals surface area contributed by atoms with Gasteiger partial charge in [0.2, 0.25) is 0 Å². The zero-order chi connectivity index (χ0) is 51.2. The summed E-state index contributed by atoms with van der Waals surface area (Å²) in [5.74, 6) is -5.25. The lowest BCUT2D eigenvalue weighted by atomic mass is 9.92. The first kappa shape index (κ1) is 47.1. The topological polar surface area (TPSA) is 281 Å². The molecule has 8 amide bonds. The molecule has 10 rings (SSSR count). The molecule has 4 N–H and O–H groups in total. The lowest BCUT2D eigenvalue weighted by Gasteiger charge is -2.28. The van der Waals surface area contributed by atoms with E-state index in [1.807, 2.05) is 12.1 Å². The van der Waals surface area contributed by atoms with Crippen LogP contribution in [0.4, 0.5) is 17.1 Å². The third-order valence-corrected chi connectivity index (χ3v) is 12.9. The van der Waals surface area contributed by atoms with E-state index in [0.717, 1.165) is 32.2 Å². The second kappa shape index (κ2) is 19.0. The Hall–Kier alpha value is -9.60. The Morgan fingerprint density at radius 2 is 0.795 bits per heavy atom. The maximum Gasteiger partial charge on any atom is 0.270 e. The summed E-state index contributed by atoms with van der Waals surface area (Å²) in [6.07, 6.45) is 0. The van der Waals surface area contributed by atoms with Crippen molar-refractivity contribution in [2.24, 2.45) is 0 Å². The molecule has 0 bridgehead atoms. The fraction of sp³-hybridized carbons (Fsp3) is 0.154. The van der Waals surface area contributed by atoms with Gasteiger partial charge in [-0.1, -0.05) is 48.5 Å². The van der Waals surface area contributed by atoms with Crippen LogP contribution >= 0.6 is 0 Å². The van der Waals surface area contributed by atoms with Gasteiger partial charge >= 0.3 is 0 Å². The van der Waals surface area contributed by atoms with Gasteiger partial charge in [-0.25, -0.2) is 4.90 Å². The van der Waals surface area contributed by atoms with Gasteiger partial charge in [-0.3, -0.25) is 68.4 Å². The zero-order valence-corrected chi connectivity index (χ0v) is 38.3. The molecule has 3 aliphatic rings. The van der Waals surface area contributed by atoms with Crippen molar-refractivity contribution in [3.63, 3.8) is 0 Å². The first-order chi connectivity index (χ1) is 35.2. The Balaban J connectivity index is 0.812. The van der Waals surface area contributed by atoms with Gasteiger partial charge in [0.25, 0.3) is 58.6 Å². The van der Waals surface area contributed by atoms with Crippen molar-refractivity contribution in [1.82, 2.24) is 31.1 Å². The second-order valence-electron chi connectivity index (χ2n) is 17.3. The number of nitrogens with zero attached hydrogens (tertiary/aromatic N) is 5. The molecule has 3 aliphatic heterocycles. The molecule has 364 valence electrons. The van der Waals surface area contributed by atoms with Crippen molar-refractivity contribution in [1.29, 1.82) is 0 Å². The van der Waals surface area contributed by atoms with E-state index in [1.165, 1.54) is 48.5 Å². The Labute approximate surface area is 412 Å². The molecule has 21 heteroatoms. The molecule has 0 atom stereocenters. The highest BCUT2D eigenvalue weighted by Crippen LogP contribution is 2.37. The number of amides is 8. The van der Waals surface area contributed by atoms with Crippen LogP contribution in [0.3, 0.4) is 0 Å². The van der Waals surface area contributed by atoms with Gasteiger partial charge in [0.15, 0.2) is 0 Å². The molecule has 7 aromatic carbocycles. The van der Waals surface area contributed by atoms with E-state index in [2.05, 4.69) is 21.3 Å². The molecular weight excluding hydrogens is 943 g/mol. The van der Waals surface area contributed by atoms with E-state index in [9.17, 15) is 58.6 Å². The first-order valence-electron chi connectivity index (χ1n) is 22.9. The minimum atomic E-state index is -0.926. The molecule has 0 spiro atoms. The highest BCUT2D eigenvalue weighted by atomic mass is 16.6. The number of nitro groups is 2. The van der Waals surface area contributed by atoms with Crippen LogP contribution in [0.15, 0.2) is 115 Å². The molecule has 0 radical (unpaired) electrons. The van der Waals surface area contributed by atoms with E-state index in [4.69, 9.17) is 0 Å². The molecule has 0 saturated carbocycles. The molecule has 21 nitrogen and oxygen atoms in total. The van der Waals surface area contributed by atoms with Crippen LogP contribution in [-0.4, -0.2) is 119 Å². The summed E-state index contributed by atoms with van der Waals surface area (Å²) >= 11 is 0. The van der Waals surface area contributed by atoms with Crippen LogP contribution in [0.2, 0.25) is 0 Å². The maximum absolute atomic E-state index is 14.2. The average Bonchev–Trinajstić information content (AvgIpc) is 3.39. The summed E-state index contributed by atoms with van der Waals surface area (Å²) in [5.41, 5.74) is -0.0977. The Morgan fingerprint density at radius 3 is 1.23 bits per heavy atom. The summed E-state index contributed by atoms with van der Waals surface area (Å²) in [4.78, 5) is 135. The van der Waals surface area contributed by atoms with Crippen LogP contribution < -0.4 is 26.2 Å². The number of benzene rings is 7. The van der Waals surface area contributed by atoms with Crippen LogP contribution in [0, 0.1) is 20.2 Å². The van der Waals surface area contributed by atoms with Crippen molar-refractivity contribution in [3.05, 3.63) is 180 Å². The summed E-state index contributed by atoms with van der Waals surface area (Å²) in [7, 11) is 0. The molecule has 3 heterocycles. The fourth-order valence-corrected chi connectivity index (χ4v) is 9.53. The maximum atomic E-state index is 14.2. The predicted molar refractivity (Wildman–Crippen MR) is 264 cm³/mol. The highest BCUT2D eigenvalue weighted by molar-refractivity contribution is 6.36. The van der Waals surface area contributed by atoms with Gasteiger partial charge in [-0.2, -0.15) is 0 Å². The number of hydrogen-bond acceptors (Lipinski definition) is 14. The number of nitrogens with one attached hydrogen (secondary N) is 4. The largest absolute Gasteiger partial charge is 0.351 e. The van der Waals surface area contributed by atoms with Gasteiger partial charge in [0.05, 0.1) is 26.7 Å². The first-order valence-corrected chi connectivity index (χ1v) is 22.9. The monoisotopic (exact) mass is 981 g/mol. The molecule has 0 fully saturated rings. The molecule has 0 aromatic heterocycles. The van der Waals surface area contributed by atoms with Gasteiger partial charge in [-0.05, 0) is 58.6 Å². The van der Waals surface area contributed by atoms with Crippen molar-refractivity contribution in [2.75, 3.05) is 57.3 Å². The molecular formula is C52H39N9O12. The molecule has 0 unspecified atom stereocenters. The van der Waals surface area contributed by atoms with Crippen molar-refractivity contribution in [2.45, 2.75) is 0 Å². The van der Waals surface area contributed by atoms with Gasteiger partial charge in [-0.15, -0.1) is 0 Å². The molecule has 7 aromatic rings. The van der Waals surface area contributed by atoms with E-state index in [0.29, 0.717) is 32.7 Å². The Morgan fingerprint density at radius 1 is 0.425 bits per heavy atom. The Kier molecular flexibility index (Phi) is 12.2. The number of non-ortho nitro benzene ring substituents is 2. The highest BCUT2D eigenvalue weighted by Gasteiger charge is 2.38. The van der Waals surface area contributed by atoms with Gasteiger partial charge < -0.3 is 21.3 Å². The second-order valence-corrected chi connectivity index (χ2v) is 17.3. The number of carbonyl (C=O) groups is 8. The molecule has 0 aliphatic carbocycles. The van der Waals surface area contributed by atoms with E-state index in [-0.39, 0.29) is 102 Å². The number of hydrogen-bond donors (Lipinski definition) is 4. The summed E-state index contributed by atoms with van der Waals surface area (Å²) in [6.45, 7) is 0.507. The number of imide groups is 3. The lowest BCUT2D eigenvalue weighted by molar-refractivity contribution is -0.384. The average molecular weight is 982 g/mol. The van der Waals surface area contributed by atoms with Gasteiger partial charge in [0.1, 0.15) is 0 Å². The van der Waals surface area contributed by atoms with Crippen molar-refractivity contribution in [3.8, 4) is 0 Å². The third kappa shape index (κ3) is 8.42. The van der Waals surface area contributed by atoms with Crippen LogP contribution in [-0.2, 0) is 0 Å². The quantitative estimate of drug-likeness (QED) is 0.0405. The summed E-state index contributed by atoms with van der Waals surface area (Å²) < 4.78 is 0. The number of nitro benzene ring substituents is 2. The van der Waals surface area contributed by atoms with Crippen LogP contribution in [0.5, 0.6) is 0 Å². The summed E-state index contributed by atoms with van der Waals surface area (Å²) in [5, 5.41) is 37.7. The number of rotatable bonds is 17. The smallest absolute Gasteiger partial charge is 0.270 e. The Bertz CT molecular complexity index is 3600. The normalized spacial score (nSPS) is 13.9. The lowest BCUT2D eigenvalue weighted by Crippen LogP contribution is -2.44.